The average molecular weight is 261 g/mol. The second kappa shape index (κ2) is 6.56. The molecule has 1 aromatic carbocycles. The minimum atomic E-state index is -0.875. The molecule has 1 unspecified atom stereocenters. The number of benzene rings is 1. The Labute approximate surface area is 102 Å². The number of halogens is 2. The Morgan fingerprint density at radius 3 is 2.76 bits per heavy atom. The van der Waals surface area contributed by atoms with Crippen LogP contribution >= 0.6 is 11.8 Å². The minimum Gasteiger partial charge on any atom is -0.468 e. The highest BCUT2D eigenvalue weighted by Gasteiger charge is 2.13. The zero-order valence-electron chi connectivity index (χ0n) is 9.28. The molecule has 0 aliphatic carbocycles. The fourth-order valence-electron chi connectivity index (χ4n) is 1.15. The molecule has 0 amide bonds. The molecule has 17 heavy (non-hydrogen) atoms. The Hall–Kier alpha value is -1.14. The largest absolute Gasteiger partial charge is 0.468 e. The minimum absolute atomic E-state index is 0.367. The molecule has 94 valence electrons. The van der Waals surface area contributed by atoms with Gasteiger partial charge in [0.2, 0.25) is 0 Å². The van der Waals surface area contributed by atoms with Crippen LogP contribution in [0.2, 0.25) is 0 Å². The van der Waals surface area contributed by atoms with E-state index in [9.17, 15) is 13.6 Å². The summed E-state index contributed by atoms with van der Waals surface area (Å²) in [7, 11) is 1.27. The maximum atomic E-state index is 12.9. The Bertz CT molecular complexity index is 401. The summed E-state index contributed by atoms with van der Waals surface area (Å²) in [6.07, 6.45) is 0. The van der Waals surface area contributed by atoms with E-state index in [1.165, 1.54) is 24.9 Å². The highest BCUT2D eigenvalue weighted by atomic mass is 32.2. The lowest BCUT2D eigenvalue weighted by atomic mass is 10.2. The van der Waals surface area contributed by atoms with Gasteiger partial charge in [-0.2, -0.15) is 11.8 Å². The van der Waals surface area contributed by atoms with Crippen LogP contribution < -0.4 is 5.73 Å². The molecule has 0 aliphatic rings. The van der Waals surface area contributed by atoms with Crippen LogP contribution in [0.3, 0.4) is 0 Å². The second-order valence-corrected chi connectivity index (χ2v) is 4.42. The molecule has 0 saturated heterocycles. The van der Waals surface area contributed by atoms with Crippen molar-refractivity contribution >= 4 is 17.7 Å². The van der Waals surface area contributed by atoms with Gasteiger partial charge in [-0.1, -0.05) is 6.07 Å². The predicted octanol–water partition coefficient (Wildman–Crippen LogP) is 1.70. The molecule has 0 aromatic heterocycles. The zero-order valence-corrected chi connectivity index (χ0v) is 10.1. The van der Waals surface area contributed by atoms with Gasteiger partial charge in [0, 0.05) is 11.5 Å². The van der Waals surface area contributed by atoms with Gasteiger partial charge in [0.1, 0.15) is 6.04 Å². The monoisotopic (exact) mass is 261 g/mol. The van der Waals surface area contributed by atoms with Crippen LogP contribution in [0.15, 0.2) is 18.2 Å². The van der Waals surface area contributed by atoms with Gasteiger partial charge in [0.05, 0.1) is 7.11 Å². The third-order valence-electron chi connectivity index (χ3n) is 2.05. The van der Waals surface area contributed by atoms with E-state index < -0.39 is 23.6 Å². The highest BCUT2D eigenvalue weighted by Crippen LogP contribution is 2.15. The molecule has 1 rings (SSSR count). The van der Waals surface area contributed by atoms with Crippen LogP contribution in [-0.4, -0.2) is 24.9 Å². The van der Waals surface area contributed by atoms with Gasteiger partial charge in [0.15, 0.2) is 11.6 Å². The molecule has 0 aliphatic heterocycles. The third kappa shape index (κ3) is 4.32. The molecular weight excluding hydrogens is 248 g/mol. The fraction of sp³-hybridized carbons (Fsp3) is 0.364. The SMILES string of the molecule is COC(=O)C(N)CSCc1ccc(F)c(F)c1. The standard InChI is InChI=1S/C11H13F2NO2S/c1-16-11(15)10(14)6-17-5-7-2-3-8(12)9(13)4-7/h2-4,10H,5-6,14H2,1H3. The van der Waals surface area contributed by atoms with E-state index >= 15 is 0 Å². The first-order chi connectivity index (χ1) is 8.04. The van der Waals surface area contributed by atoms with Crippen molar-refractivity contribution in [1.82, 2.24) is 0 Å². The Morgan fingerprint density at radius 2 is 2.18 bits per heavy atom. The maximum Gasteiger partial charge on any atom is 0.323 e. The molecule has 0 saturated carbocycles. The molecule has 6 heteroatoms. The van der Waals surface area contributed by atoms with Crippen LogP contribution in [0, 0.1) is 11.6 Å². The highest BCUT2D eigenvalue weighted by molar-refractivity contribution is 7.98. The Balaban J connectivity index is 2.40. The first-order valence-electron chi connectivity index (χ1n) is 4.89. The van der Waals surface area contributed by atoms with E-state index in [0.717, 1.165) is 12.1 Å². The summed E-state index contributed by atoms with van der Waals surface area (Å²) in [6, 6.07) is 3.00. The number of ether oxygens (including phenoxy) is 1. The van der Waals surface area contributed by atoms with E-state index in [-0.39, 0.29) is 0 Å². The third-order valence-corrected chi connectivity index (χ3v) is 3.19. The quantitative estimate of drug-likeness (QED) is 0.820. The van der Waals surface area contributed by atoms with Gasteiger partial charge >= 0.3 is 5.97 Å². The second-order valence-electron chi connectivity index (χ2n) is 3.39. The van der Waals surface area contributed by atoms with Crippen molar-refractivity contribution in [2.75, 3.05) is 12.9 Å². The number of nitrogens with two attached hydrogens (primary N) is 1. The molecule has 1 aromatic rings. The summed E-state index contributed by atoms with van der Waals surface area (Å²) in [5.74, 6) is -1.40. The van der Waals surface area contributed by atoms with Crippen LogP contribution in [0.1, 0.15) is 5.56 Å². The van der Waals surface area contributed by atoms with Crippen LogP contribution in [0.5, 0.6) is 0 Å². The summed E-state index contributed by atoms with van der Waals surface area (Å²) in [6.45, 7) is 0. The average Bonchev–Trinajstić information content (AvgIpc) is 2.32. The summed E-state index contributed by atoms with van der Waals surface area (Å²) >= 11 is 1.36. The zero-order chi connectivity index (χ0) is 12.8. The number of hydrogen-bond acceptors (Lipinski definition) is 4. The lowest BCUT2D eigenvalue weighted by Gasteiger charge is -2.08. The van der Waals surface area contributed by atoms with Gasteiger partial charge in [-0.3, -0.25) is 4.79 Å². The first kappa shape index (κ1) is 13.9. The van der Waals surface area contributed by atoms with E-state index in [1.54, 1.807) is 0 Å². The van der Waals surface area contributed by atoms with Crippen molar-refractivity contribution in [1.29, 1.82) is 0 Å². The normalized spacial score (nSPS) is 12.2. The van der Waals surface area contributed by atoms with Crippen molar-refractivity contribution in [2.24, 2.45) is 5.73 Å². The van der Waals surface area contributed by atoms with E-state index in [0.29, 0.717) is 17.1 Å². The van der Waals surface area contributed by atoms with Gasteiger partial charge in [-0.25, -0.2) is 8.78 Å². The smallest absolute Gasteiger partial charge is 0.323 e. The summed E-state index contributed by atoms with van der Waals surface area (Å²) in [5, 5.41) is 0. The Morgan fingerprint density at radius 1 is 1.47 bits per heavy atom. The van der Waals surface area contributed by atoms with Crippen molar-refractivity contribution in [3.8, 4) is 0 Å². The maximum absolute atomic E-state index is 12.9. The first-order valence-corrected chi connectivity index (χ1v) is 6.05. The molecule has 0 spiro atoms. The van der Waals surface area contributed by atoms with Crippen molar-refractivity contribution in [3.63, 3.8) is 0 Å². The summed E-state index contributed by atoms with van der Waals surface area (Å²) in [4.78, 5) is 11.0. The molecule has 0 bridgehead atoms. The molecule has 0 heterocycles. The van der Waals surface area contributed by atoms with Gasteiger partial charge < -0.3 is 10.5 Å². The molecule has 0 radical (unpaired) electrons. The number of esters is 1. The molecule has 1 atom stereocenters. The van der Waals surface area contributed by atoms with E-state index in [1.807, 2.05) is 0 Å². The lowest BCUT2D eigenvalue weighted by molar-refractivity contribution is -0.141. The fourth-order valence-corrected chi connectivity index (χ4v) is 2.08. The number of thioether (sulfide) groups is 1. The molecule has 3 nitrogen and oxygen atoms in total. The van der Waals surface area contributed by atoms with Crippen LogP contribution in [-0.2, 0) is 15.3 Å². The van der Waals surface area contributed by atoms with Gasteiger partial charge in [-0.15, -0.1) is 0 Å². The van der Waals surface area contributed by atoms with Crippen molar-refractivity contribution in [2.45, 2.75) is 11.8 Å². The molecule has 0 fully saturated rings. The number of carbonyl (C=O) groups is 1. The van der Waals surface area contributed by atoms with Crippen LogP contribution in [0.4, 0.5) is 8.78 Å². The summed E-state index contributed by atoms with van der Waals surface area (Å²) in [5.41, 5.74) is 6.16. The van der Waals surface area contributed by atoms with E-state index in [4.69, 9.17) is 5.73 Å². The Kier molecular flexibility index (Phi) is 5.37. The lowest BCUT2D eigenvalue weighted by Crippen LogP contribution is -2.33. The predicted molar refractivity (Wildman–Crippen MR) is 62.5 cm³/mol. The number of rotatable bonds is 5. The van der Waals surface area contributed by atoms with Crippen LogP contribution in [0.25, 0.3) is 0 Å². The van der Waals surface area contributed by atoms with Crippen molar-refractivity contribution in [3.05, 3.63) is 35.4 Å². The number of methoxy groups -OCH3 is 1. The topological polar surface area (TPSA) is 52.3 Å². The molecular formula is C11H13F2NO2S. The summed E-state index contributed by atoms with van der Waals surface area (Å²) < 4.78 is 30.0. The van der Waals surface area contributed by atoms with Gasteiger partial charge in [-0.05, 0) is 17.7 Å². The van der Waals surface area contributed by atoms with Crippen molar-refractivity contribution < 1.29 is 18.3 Å². The molecule has 2 N–H and O–H groups in total. The van der Waals surface area contributed by atoms with Gasteiger partial charge in [0.25, 0.3) is 0 Å². The number of hydrogen-bond donors (Lipinski definition) is 1. The van der Waals surface area contributed by atoms with E-state index in [2.05, 4.69) is 4.74 Å². The number of carbonyl (C=O) groups excluding carboxylic acids is 1.